The van der Waals surface area contributed by atoms with Crippen molar-refractivity contribution < 1.29 is 0 Å². The molecule has 0 heteroatoms. The molecule has 0 heterocycles. The minimum absolute atomic E-state index is 0.268. The van der Waals surface area contributed by atoms with Gasteiger partial charge < -0.3 is 0 Å². The summed E-state index contributed by atoms with van der Waals surface area (Å²) in [4.78, 5) is 0. The van der Waals surface area contributed by atoms with Gasteiger partial charge in [-0.1, -0.05) is 376 Å². The summed E-state index contributed by atoms with van der Waals surface area (Å²) in [5.74, 6) is 8.32. The molecule has 618 valence electrons. The molecule has 30 rings (SSSR count). The fourth-order valence-corrected chi connectivity index (χ4v) is 37.3. The normalized spacial score (nSPS) is 39.7. The maximum absolute atomic E-state index is 2.48. The number of hydrogen-bond donors (Lipinski definition) is 0. The van der Waals surface area contributed by atoms with Crippen molar-refractivity contribution in [3.05, 3.63) is 359 Å². The van der Waals surface area contributed by atoms with Crippen molar-refractivity contribution in [1.82, 2.24) is 0 Å². The van der Waals surface area contributed by atoms with E-state index in [-0.39, 0.29) is 32.5 Å². The summed E-state index contributed by atoms with van der Waals surface area (Å²) >= 11 is 0. The zero-order chi connectivity index (χ0) is 80.8. The molecule has 10 aromatic rings. The molecule has 0 nitrogen and oxygen atoms in total. The van der Waals surface area contributed by atoms with Gasteiger partial charge in [0.1, 0.15) is 0 Å². The fourth-order valence-electron chi connectivity index (χ4n) is 37.3. The summed E-state index contributed by atoms with van der Waals surface area (Å²) in [7, 11) is 0. The maximum atomic E-state index is 2.48. The number of rotatable bonds is 17. The highest BCUT2D eigenvalue weighted by molar-refractivity contribution is 5.51. The smallest absolute Gasteiger partial charge is 0.00246 e. The second-order valence-corrected chi connectivity index (χ2v) is 45.5. The average molecular weight is 1580 g/mol. The zero-order valence-corrected chi connectivity index (χ0v) is 73.5. The highest BCUT2D eigenvalue weighted by atomic mass is 14.8. The first-order valence-corrected chi connectivity index (χ1v) is 49.2. The molecule has 20 saturated carbocycles. The third-order valence-electron chi connectivity index (χ3n) is 39.3. The van der Waals surface area contributed by atoms with Gasteiger partial charge in [-0.3, -0.25) is 0 Å². The highest BCUT2D eigenvalue weighted by Gasteiger charge is 2.75. The van der Waals surface area contributed by atoms with Gasteiger partial charge >= 0.3 is 0 Å². The van der Waals surface area contributed by atoms with E-state index in [4.69, 9.17) is 0 Å². The predicted octanol–water partition coefficient (Wildman–Crippen LogP) is 30.7. The molecule has 0 spiro atoms. The Kier molecular flexibility index (Phi) is 19.2. The molecule has 120 heavy (non-hydrogen) atoms. The third-order valence-corrected chi connectivity index (χ3v) is 39.3. The summed E-state index contributed by atoms with van der Waals surface area (Å²) in [5, 5.41) is 0. The Morgan fingerprint density at radius 2 is 0.442 bits per heavy atom. The van der Waals surface area contributed by atoms with Crippen LogP contribution in [0.25, 0.3) is 0 Å². The molecule has 0 N–H and O–H groups in total. The molecule has 0 radical (unpaired) electrons. The van der Waals surface area contributed by atoms with Crippen molar-refractivity contribution in [3.63, 3.8) is 0 Å². The van der Waals surface area contributed by atoms with Crippen LogP contribution in [0.15, 0.2) is 303 Å². The van der Waals surface area contributed by atoms with Gasteiger partial charge in [0.15, 0.2) is 0 Å². The minimum Gasteiger partial charge on any atom is -0.0654 e. The summed E-state index contributed by atoms with van der Waals surface area (Å²) in [6.07, 6.45) is 47.7. The molecule has 0 aromatic heterocycles. The second-order valence-electron chi connectivity index (χ2n) is 45.5. The van der Waals surface area contributed by atoms with E-state index in [0.29, 0.717) is 37.9 Å². The monoisotopic (exact) mass is 1580 g/mol. The zero-order valence-electron chi connectivity index (χ0n) is 73.5. The molecule has 0 amide bonds. The summed E-state index contributed by atoms with van der Waals surface area (Å²) in [5.41, 5.74) is 21.4. The molecule has 10 aromatic carbocycles. The van der Waals surface area contributed by atoms with Gasteiger partial charge in [-0.2, -0.15) is 0 Å². The number of benzene rings is 10. The molecule has 0 aliphatic heterocycles. The van der Waals surface area contributed by atoms with Crippen molar-refractivity contribution in [2.24, 2.45) is 69.0 Å². The molecule has 20 bridgehead atoms. The molecule has 20 fully saturated rings. The Morgan fingerprint density at radius 1 is 0.225 bits per heavy atom. The van der Waals surface area contributed by atoms with E-state index in [0.717, 1.165) is 52.8 Å². The van der Waals surface area contributed by atoms with E-state index >= 15 is 0 Å². The first-order valence-electron chi connectivity index (χ1n) is 49.2. The van der Waals surface area contributed by atoms with Gasteiger partial charge in [0.05, 0.1) is 0 Å². The Hall–Kier alpha value is -7.80. The van der Waals surface area contributed by atoms with Crippen molar-refractivity contribution >= 4 is 0 Å². The molecule has 0 unspecified atom stereocenters. The van der Waals surface area contributed by atoms with Gasteiger partial charge in [-0.15, -0.1) is 0 Å². The van der Waals surface area contributed by atoms with E-state index in [2.05, 4.69) is 331 Å². The minimum atomic E-state index is 0.268. The average Bonchev–Trinajstić information content (AvgIpc) is 0.702. The van der Waals surface area contributed by atoms with Crippen molar-refractivity contribution in [2.45, 2.75) is 300 Å². The van der Waals surface area contributed by atoms with Crippen LogP contribution in [-0.2, 0) is 54.1 Å². The Bertz CT molecular complexity index is 4700. The van der Waals surface area contributed by atoms with Gasteiger partial charge in [0.2, 0.25) is 0 Å². The molecular weight excluding hydrogens is 1440 g/mol. The lowest BCUT2D eigenvalue weighted by Crippen LogP contribution is -2.68. The van der Waals surface area contributed by atoms with E-state index in [1.807, 2.05) is 0 Å². The van der Waals surface area contributed by atoms with Crippen LogP contribution >= 0.6 is 0 Å². The van der Waals surface area contributed by atoms with Crippen LogP contribution in [0, 0.1) is 69.0 Å². The maximum Gasteiger partial charge on any atom is -0.00246 e. The van der Waals surface area contributed by atoms with Crippen LogP contribution in [0.4, 0.5) is 0 Å². The summed E-state index contributed by atoms with van der Waals surface area (Å²) in [6, 6.07) is 117. The van der Waals surface area contributed by atoms with E-state index in [1.165, 1.54) is 199 Å². The van der Waals surface area contributed by atoms with Crippen LogP contribution in [0.1, 0.15) is 302 Å². The van der Waals surface area contributed by atoms with E-state index < -0.39 is 0 Å². The van der Waals surface area contributed by atoms with Crippen LogP contribution in [0.3, 0.4) is 0 Å². The topological polar surface area (TPSA) is 0 Å². The van der Waals surface area contributed by atoms with Crippen molar-refractivity contribution in [3.8, 4) is 0 Å². The molecule has 0 saturated heterocycles. The van der Waals surface area contributed by atoms with Crippen molar-refractivity contribution in [1.29, 1.82) is 0 Å². The standard InChI is InChI=1S/C34H38.C33H38.C31H34.C22H28/c1-5-13-27(14-6-1)31-21-32(28-15-7-2-8-16-28)24-33(22-31,29-17-9-3-10-18-29)26-34(23-31,25-32)30-19-11-4-12-20-30;1-3-26(4-2)30-20-31(27-14-8-5-9-15-27)23-32(21-30,28-16-10-6-11-17-28)25-33(22-30,24-31)29-18-12-7-13-19-29;1-2-18-28-19-29(25-12-6-3-7-13-25)22-30(20-28,26-14-8-4-9-15-26)24-31(21-28,23-29)27-16-10-5-11-17-27;1-2-21-8-15-18-11-22(14-6-4-3-5-7-14)12-19(15)17(10-21)20(13-22)16(18)9-21/h1-3,5-10,13-18,30H,4,11-12,19-26H2;5-19,26H,3-4,20-25H2,1-2H3;3-17H,2,18-24H2,1H3;3-7,15-20H,2,8-13H2,1H3. The lowest BCUT2D eigenvalue weighted by molar-refractivity contribution is -0.240. The highest BCUT2D eigenvalue weighted by Crippen LogP contribution is 2.82. The van der Waals surface area contributed by atoms with E-state index in [1.54, 1.807) is 74.9 Å². The second kappa shape index (κ2) is 29.4. The Morgan fingerprint density at radius 3 is 0.667 bits per heavy atom. The van der Waals surface area contributed by atoms with Crippen LogP contribution in [0.5, 0.6) is 0 Å². The molecular formula is C120H138. The largest absolute Gasteiger partial charge is 0.0654 e. The third kappa shape index (κ3) is 12.4. The number of hydrogen-bond acceptors (Lipinski definition) is 0. The molecule has 20 aliphatic carbocycles. The lowest BCUT2D eigenvalue weighted by Gasteiger charge is -2.75. The lowest BCUT2D eigenvalue weighted by atomic mass is 9.30. The van der Waals surface area contributed by atoms with Crippen LogP contribution < -0.4 is 0 Å². The fraction of sp³-hybridized carbons (Fsp3) is 0.500. The molecule has 0 atom stereocenters. The first-order chi connectivity index (χ1) is 58.6. The predicted molar refractivity (Wildman–Crippen MR) is 499 cm³/mol. The Balaban J connectivity index is 0.0000000970. The Labute approximate surface area is 723 Å². The quantitative estimate of drug-likeness (QED) is 0.0852. The van der Waals surface area contributed by atoms with Gasteiger partial charge in [0.25, 0.3) is 0 Å². The molecule has 20 aliphatic rings. The van der Waals surface area contributed by atoms with Gasteiger partial charge in [-0.05, 0) is 352 Å². The van der Waals surface area contributed by atoms with Gasteiger partial charge in [0, 0.05) is 0 Å². The van der Waals surface area contributed by atoms with Crippen LogP contribution in [-0.4, -0.2) is 0 Å². The van der Waals surface area contributed by atoms with E-state index in [9.17, 15) is 0 Å². The van der Waals surface area contributed by atoms with Crippen LogP contribution in [0.2, 0.25) is 0 Å². The summed E-state index contributed by atoms with van der Waals surface area (Å²) < 4.78 is 0. The first kappa shape index (κ1) is 78.2. The summed E-state index contributed by atoms with van der Waals surface area (Å²) in [6.45, 7) is 9.79. The van der Waals surface area contributed by atoms with Crippen molar-refractivity contribution in [2.75, 3.05) is 0 Å². The SMILES string of the molecule is CCC(CC)C12CC3(c4ccccc4)CC(c4ccccc4)(CC(c4ccccc4)(C3)C1)C2.CCC12CC3C4CC5(c6ccccc6)CC3C(C1)C(C5)C4C2.CCCC12CC3(c4ccccc4)CC(c4ccccc4)(C1)CC(c1ccccc1)(C2)C3.c1ccc(C23CC4(c5ccccc5)CC(c5ccccc5)(C2)CC(C2CCCCC2)(C3)C4)cc1. The van der Waals surface area contributed by atoms with Gasteiger partial charge in [-0.25, -0.2) is 0 Å².